The highest BCUT2D eigenvalue weighted by molar-refractivity contribution is 9.10. The third-order valence-electron chi connectivity index (χ3n) is 2.96. The number of nitrogens with one attached hydrogen (secondary N) is 1. The van der Waals surface area contributed by atoms with Gasteiger partial charge >= 0.3 is 0 Å². The molecule has 1 amide bonds. The molecular formula is C12H12BrN3O2. The summed E-state index contributed by atoms with van der Waals surface area (Å²) in [6.45, 7) is 0.878. The van der Waals surface area contributed by atoms with E-state index in [1.54, 1.807) is 18.3 Å². The fourth-order valence-electron chi connectivity index (χ4n) is 1.80. The summed E-state index contributed by atoms with van der Waals surface area (Å²) in [4.78, 5) is 16.2. The van der Waals surface area contributed by atoms with Gasteiger partial charge in [0.25, 0.3) is 0 Å². The molecule has 0 spiro atoms. The van der Waals surface area contributed by atoms with Crippen molar-refractivity contribution in [2.75, 3.05) is 18.5 Å². The van der Waals surface area contributed by atoms with Crippen LogP contribution >= 0.6 is 15.9 Å². The number of halogens is 1. The van der Waals surface area contributed by atoms with E-state index in [0.717, 1.165) is 4.47 Å². The molecular weight excluding hydrogens is 298 g/mol. The van der Waals surface area contributed by atoms with Crippen LogP contribution < -0.4 is 5.32 Å². The molecule has 0 aliphatic carbocycles. The number of carbonyl (C=O) groups is 1. The molecule has 1 saturated heterocycles. The predicted molar refractivity (Wildman–Crippen MR) is 68.7 cm³/mol. The number of rotatable bonds is 2. The SMILES string of the molecule is N#CC1(C(=O)Nc2ccc(Br)cn2)CCOCC1. The first-order chi connectivity index (χ1) is 8.66. The zero-order chi connectivity index (χ0) is 13.0. The lowest BCUT2D eigenvalue weighted by atomic mass is 9.81. The Morgan fingerprint density at radius 1 is 1.50 bits per heavy atom. The number of hydrogen-bond donors (Lipinski definition) is 1. The second kappa shape index (κ2) is 5.46. The highest BCUT2D eigenvalue weighted by Gasteiger charge is 2.40. The molecule has 0 radical (unpaired) electrons. The number of nitriles is 1. The van der Waals surface area contributed by atoms with Gasteiger partial charge < -0.3 is 10.1 Å². The molecule has 1 fully saturated rings. The monoisotopic (exact) mass is 309 g/mol. The highest BCUT2D eigenvalue weighted by Crippen LogP contribution is 2.31. The third kappa shape index (κ3) is 2.68. The van der Waals surface area contributed by atoms with Crippen molar-refractivity contribution in [1.82, 2.24) is 4.98 Å². The van der Waals surface area contributed by atoms with Crippen molar-refractivity contribution in [3.8, 4) is 6.07 Å². The molecule has 2 rings (SSSR count). The Morgan fingerprint density at radius 3 is 2.78 bits per heavy atom. The molecule has 2 heterocycles. The Labute approximate surface area is 113 Å². The minimum atomic E-state index is -0.993. The number of hydrogen-bond acceptors (Lipinski definition) is 4. The summed E-state index contributed by atoms with van der Waals surface area (Å²) in [6, 6.07) is 5.59. The smallest absolute Gasteiger partial charge is 0.246 e. The van der Waals surface area contributed by atoms with Crippen LogP contribution in [0.2, 0.25) is 0 Å². The van der Waals surface area contributed by atoms with Crippen LogP contribution in [0.4, 0.5) is 5.82 Å². The van der Waals surface area contributed by atoms with E-state index < -0.39 is 5.41 Å². The summed E-state index contributed by atoms with van der Waals surface area (Å²) in [5, 5.41) is 11.9. The van der Waals surface area contributed by atoms with Crippen molar-refractivity contribution in [2.45, 2.75) is 12.8 Å². The number of pyridine rings is 1. The summed E-state index contributed by atoms with van der Waals surface area (Å²) in [5.74, 6) is 0.146. The largest absolute Gasteiger partial charge is 0.381 e. The van der Waals surface area contributed by atoms with Crippen LogP contribution in [-0.2, 0) is 9.53 Å². The number of ether oxygens (including phenoxy) is 1. The normalized spacial score (nSPS) is 17.8. The predicted octanol–water partition coefficient (Wildman–Crippen LogP) is 2.10. The van der Waals surface area contributed by atoms with Crippen LogP contribution in [0.1, 0.15) is 12.8 Å². The molecule has 0 saturated carbocycles. The summed E-state index contributed by atoms with van der Waals surface area (Å²) in [7, 11) is 0. The zero-order valence-electron chi connectivity index (χ0n) is 9.65. The summed E-state index contributed by atoms with van der Waals surface area (Å²) < 4.78 is 6.02. The number of amides is 1. The maximum atomic E-state index is 12.2. The van der Waals surface area contributed by atoms with E-state index >= 15 is 0 Å². The Kier molecular flexibility index (Phi) is 3.94. The highest BCUT2D eigenvalue weighted by atomic mass is 79.9. The fourth-order valence-corrected chi connectivity index (χ4v) is 2.03. The number of aromatic nitrogens is 1. The van der Waals surface area contributed by atoms with Crippen LogP contribution in [0.25, 0.3) is 0 Å². The zero-order valence-corrected chi connectivity index (χ0v) is 11.2. The van der Waals surface area contributed by atoms with Crippen molar-refractivity contribution in [3.05, 3.63) is 22.8 Å². The quantitative estimate of drug-likeness (QED) is 0.908. The van der Waals surface area contributed by atoms with Crippen LogP contribution in [0.3, 0.4) is 0 Å². The van der Waals surface area contributed by atoms with Crippen molar-refractivity contribution >= 4 is 27.7 Å². The van der Waals surface area contributed by atoms with Gasteiger partial charge in [-0.3, -0.25) is 4.79 Å². The van der Waals surface area contributed by atoms with Gasteiger partial charge in [0.15, 0.2) is 0 Å². The van der Waals surface area contributed by atoms with E-state index in [1.807, 2.05) is 0 Å². The lowest BCUT2D eigenvalue weighted by Crippen LogP contribution is -2.40. The van der Waals surface area contributed by atoms with Gasteiger partial charge in [-0.25, -0.2) is 4.98 Å². The first-order valence-electron chi connectivity index (χ1n) is 5.58. The van der Waals surface area contributed by atoms with Crippen molar-refractivity contribution in [3.63, 3.8) is 0 Å². The van der Waals surface area contributed by atoms with E-state index in [9.17, 15) is 10.1 Å². The van der Waals surface area contributed by atoms with Crippen LogP contribution in [0.15, 0.2) is 22.8 Å². The number of anilines is 1. The molecule has 0 atom stereocenters. The van der Waals surface area contributed by atoms with Crippen molar-refractivity contribution in [2.24, 2.45) is 5.41 Å². The van der Waals surface area contributed by atoms with E-state index in [2.05, 4.69) is 32.3 Å². The van der Waals surface area contributed by atoms with Gasteiger partial charge in [0.2, 0.25) is 5.91 Å². The number of carbonyl (C=O) groups excluding carboxylic acids is 1. The van der Waals surface area contributed by atoms with Gasteiger partial charge in [0.05, 0.1) is 6.07 Å². The average molecular weight is 310 g/mol. The van der Waals surface area contributed by atoms with Gasteiger partial charge in [-0.2, -0.15) is 5.26 Å². The number of nitrogens with zero attached hydrogens (tertiary/aromatic N) is 2. The molecule has 1 N–H and O–H groups in total. The van der Waals surface area contributed by atoms with Gasteiger partial charge in [-0.05, 0) is 40.9 Å². The average Bonchev–Trinajstić information content (AvgIpc) is 2.42. The Hall–Kier alpha value is -1.45. The van der Waals surface area contributed by atoms with Crippen LogP contribution in [-0.4, -0.2) is 24.1 Å². The Balaban J connectivity index is 2.11. The minimum absolute atomic E-state index is 0.303. The van der Waals surface area contributed by atoms with E-state index in [0.29, 0.717) is 31.9 Å². The molecule has 94 valence electrons. The fraction of sp³-hybridized carbons (Fsp3) is 0.417. The maximum Gasteiger partial charge on any atom is 0.246 e. The molecule has 0 bridgehead atoms. The lowest BCUT2D eigenvalue weighted by molar-refractivity contribution is -0.126. The molecule has 1 aromatic rings. The minimum Gasteiger partial charge on any atom is -0.381 e. The molecule has 1 aromatic heterocycles. The van der Waals surface area contributed by atoms with Crippen molar-refractivity contribution in [1.29, 1.82) is 5.26 Å². The van der Waals surface area contributed by atoms with Gasteiger partial charge in [-0.1, -0.05) is 0 Å². The van der Waals surface area contributed by atoms with Crippen LogP contribution in [0, 0.1) is 16.7 Å². The summed E-state index contributed by atoms with van der Waals surface area (Å²) in [5.41, 5.74) is -0.993. The van der Waals surface area contributed by atoms with Crippen LogP contribution in [0.5, 0.6) is 0 Å². The van der Waals surface area contributed by atoms with E-state index in [1.165, 1.54) is 0 Å². The molecule has 5 nitrogen and oxygen atoms in total. The van der Waals surface area contributed by atoms with Crippen molar-refractivity contribution < 1.29 is 9.53 Å². The standard InChI is InChI=1S/C12H12BrN3O2/c13-9-1-2-10(15-7-9)16-11(17)12(8-14)3-5-18-6-4-12/h1-2,7H,3-6H2,(H,15,16,17). The van der Waals surface area contributed by atoms with E-state index in [-0.39, 0.29) is 5.91 Å². The molecule has 0 unspecified atom stereocenters. The molecule has 1 aliphatic heterocycles. The summed E-state index contributed by atoms with van der Waals surface area (Å²) in [6.07, 6.45) is 2.44. The molecule has 6 heteroatoms. The van der Waals surface area contributed by atoms with Gasteiger partial charge in [0.1, 0.15) is 11.2 Å². The molecule has 18 heavy (non-hydrogen) atoms. The van der Waals surface area contributed by atoms with Gasteiger partial charge in [0, 0.05) is 23.9 Å². The Bertz CT molecular complexity index is 475. The summed E-state index contributed by atoms with van der Waals surface area (Å²) >= 11 is 3.27. The maximum absolute atomic E-state index is 12.2. The molecule has 0 aromatic carbocycles. The molecule has 1 aliphatic rings. The second-order valence-electron chi connectivity index (χ2n) is 4.12. The van der Waals surface area contributed by atoms with E-state index in [4.69, 9.17) is 4.74 Å². The second-order valence-corrected chi connectivity index (χ2v) is 5.04. The Morgan fingerprint density at radius 2 is 2.22 bits per heavy atom. The lowest BCUT2D eigenvalue weighted by Gasteiger charge is -2.28. The first kappa shape index (κ1) is 13.0. The third-order valence-corrected chi connectivity index (χ3v) is 3.43. The van der Waals surface area contributed by atoms with Gasteiger partial charge in [-0.15, -0.1) is 0 Å². The topological polar surface area (TPSA) is 75.0 Å². The first-order valence-corrected chi connectivity index (χ1v) is 6.38.